The Morgan fingerprint density at radius 3 is 2.55 bits per heavy atom. The lowest BCUT2D eigenvalue weighted by Gasteiger charge is -2.36. The Morgan fingerprint density at radius 2 is 1.94 bits per heavy atom. The van der Waals surface area contributed by atoms with E-state index in [-0.39, 0.29) is 29.9 Å². The molecule has 1 aliphatic heterocycles. The number of amides is 1. The van der Waals surface area contributed by atoms with E-state index in [9.17, 15) is 4.79 Å². The molecule has 31 heavy (non-hydrogen) atoms. The Kier molecular flexibility index (Phi) is 10.1. The summed E-state index contributed by atoms with van der Waals surface area (Å²) in [6, 6.07) is 9.44. The van der Waals surface area contributed by atoms with Gasteiger partial charge in [-0.25, -0.2) is 4.99 Å². The van der Waals surface area contributed by atoms with Crippen LogP contribution in [-0.4, -0.2) is 59.5 Å². The van der Waals surface area contributed by atoms with Crippen molar-refractivity contribution in [1.29, 1.82) is 0 Å². The van der Waals surface area contributed by atoms with Gasteiger partial charge in [-0.05, 0) is 30.5 Å². The van der Waals surface area contributed by atoms with Crippen molar-refractivity contribution in [1.82, 2.24) is 20.3 Å². The van der Waals surface area contributed by atoms with E-state index in [0.717, 1.165) is 42.6 Å². The van der Waals surface area contributed by atoms with Crippen LogP contribution in [0.5, 0.6) is 0 Å². The second kappa shape index (κ2) is 12.3. The summed E-state index contributed by atoms with van der Waals surface area (Å²) < 4.78 is 5.39. The molecule has 1 fully saturated rings. The molecule has 0 saturated carbocycles. The Hall–Kier alpha value is -1.81. The lowest BCUT2D eigenvalue weighted by atomic mass is 10.1. The number of nitrogens with one attached hydrogen (secondary N) is 1. The van der Waals surface area contributed by atoms with Gasteiger partial charge in [-0.1, -0.05) is 42.7 Å². The van der Waals surface area contributed by atoms with Crippen LogP contribution in [0.3, 0.4) is 0 Å². The summed E-state index contributed by atoms with van der Waals surface area (Å²) in [5, 5.41) is 8.08. The number of hydrogen-bond acceptors (Lipinski definition) is 4. The van der Waals surface area contributed by atoms with Crippen molar-refractivity contribution in [2.24, 2.45) is 4.99 Å². The van der Waals surface area contributed by atoms with E-state index in [4.69, 9.17) is 21.1 Å². The minimum atomic E-state index is 0. The monoisotopic (exact) mass is 559 g/mol. The largest absolute Gasteiger partial charge is 0.359 e. The van der Waals surface area contributed by atoms with Crippen LogP contribution in [0.4, 0.5) is 0 Å². The molecule has 3 rings (SSSR count). The molecular weight excluding hydrogens is 529 g/mol. The maximum Gasteiger partial charge on any atom is 0.227 e. The van der Waals surface area contributed by atoms with E-state index in [2.05, 4.69) is 29.2 Å². The SMILES string of the molecule is CCNC(=NCc1cc(C(C)C)no1)N1CCN(C(=O)Cc2cccc(Cl)c2)CC1.I. The highest BCUT2D eigenvalue weighted by atomic mass is 127. The fraction of sp³-hybridized carbons (Fsp3) is 0.500. The Morgan fingerprint density at radius 1 is 1.23 bits per heavy atom. The van der Waals surface area contributed by atoms with E-state index in [0.29, 0.717) is 37.0 Å². The van der Waals surface area contributed by atoms with Crippen molar-refractivity contribution in [3.63, 3.8) is 0 Å². The number of carbonyl (C=O) groups is 1. The van der Waals surface area contributed by atoms with Crippen molar-refractivity contribution in [2.75, 3.05) is 32.7 Å². The van der Waals surface area contributed by atoms with Crippen LogP contribution in [0.25, 0.3) is 0 Å². The van der Waals surface area contributed by atoms with Crippen LogP contribution in [0.15, 0.2) is 39.8 Å². The highest BCUT2D eigenvalue weighted by molar-refractivity contribution is 14.0. The Bertz CT molecular complexity index is 878. The van der Waals surface area contributed by atoms with Gasteiger partial charge >= 0.3 is 0 Å². The van der Waals surface area contributed by atoms with Crippen molar-refractivity contribution in [2.45, 2.75) is 39.7 Å². The minimum Gasteiger partial charge on any atom is -0.359 e. The lowest BCUT2D eigenvalue weighted by molar-refractivity contribution is -0.131. The summed E-state index contributed by atoms with van der Waals surface area (Å²) >= 11 is 6.03. The number of aromatic nitrogens is 1. The molecule has 1 aromatic heterocycles. The molecule has 0 aliphatic carbocycles. The maximum atomic E-state index is 12.6. The second-order valence-electron chi connectivity index (χ2n) is 7.72. The number of carbonyl (C=O) groups excluding carboxylic acids is 1. The van der Waals surface area contributed by atoms with E-state index in [1.165, 1.54) is 0 Å². The average molecular weight is 560 g/mol. The molecule has 0 radical (unpaired) electrons. The van der Waals surface area contributed by atoms with Gasteiger partial charge in [-0.3, -0.25) is 4.79 Å². The number of benzene rings is 1. The first-order valence-corrected chi connectivity index (χ1v) is 10.8. The quantitative estimate of drug-likeness (QED) is 0.330. The van der Waals surface area contributed by atoms with E-state index < -0.39 is 0 Å². The molecule has 7 nitrogen and oxygen atoms in total. The molecule has 1 aromatic carbocycles. The highest BCUT2D eigenvalue weighted by Crippen LogP contribution is 2.15. The number of halogens is 2. The summed E-state index contributed by atoms with van der Waals surface area (Å²) in [6.45, 7) is 10.3. The Labute approximate surface area is 206 Å². The molecule has 1 amide bonds. The van der Waals surface area contributed by atoms with Gasteiger partial charge < -0.3 is 19.6 Å². The van der Waals surface area contributed by atoms with Gasteiger partial charge in [0.15, 0.2) is 11.7 Å². The van der Waals surface area contributed by atoms with Gasteiger partial charge in [0.2, 0.25) is 5.91 Å². The topological polar surface area (TPSA) is 74.0 Å². The van der Waals surface area contributed by atoms with Gasteiger partial charge in [0.25, 0.3) is 0 Å². The number of nitrogens with zero attached hydrogens (tertiary/aromatic N) is 4. The molecule has 2 heterocycles. The smallest absolute Gasteiger partial charge is 0.227 e. The van der Waals surface area contributed by atoms with E-state index >= 15 is 0 Å². The summed E-state index contributed by atoms with van der Waals surface area (Å²) in [4.78, 5) is 21.5. The second-order valence-corrected chi connectivity index (χ2v) is 8.15. The summed E-state index contributed by atoms with van der Waals surface area (Å²) in [6.07, 6.45) is 0.373. The molecule has 1 saturated heterocycles. The van der Waals surface area contributed by atoms with E-state index in [1.807, 2.05) is 42.2 Å². The van der Waals surface area contributed by atoms with Crippen LogP contribution in [-0.2, 0) is 17.8 Å². The third-order valence-electron chi connectivity index (χ3n) is 5.06. The third-order valence-corrected chi connectivity index (χ3v) is 5.30. The predicted octanol–water partition coefficient (Wildman–Crippen LogP) is 3.92. The van der Waals surface area contributed by atoms with Crippen molar-refractivity contribution in [3.05, 3.63) is 52.4 Å². The minimum absolute atomic E-state index is 0. The number of rotatable bonds is 6. The van der Waals surface area contributed by atoms with Gasteiger partial charge in [0.05, 0.1) is 12.1 Å². The van der Waals surface area contributed by atoms with Crippen LogP contribution in [0.1, 0.15) is 43.7 Å². The zero-order valence-electron chi connectivity index (χ0n) is 18.3. The normalized spacial score (nSPS) is 14.5. The van der Waals surface area contributed by atoms with Crippen molar-refractivity contribution in [3.8, 4) is 0 Å². The molecule has 2 aromatic rings. The zero-order valence-corrected chi connectivity index (χ0v) is 21.4. The standard InChI is InChI=1S/C22H30ClN5O2.HI/c1-4-24-22(25-15-19-14-20(16(2)3)26-30-19)28-10-8-27(9-11-28)21(29)13-17-6-5-7-18(23)12-17;/h5-7,12,14,16H,4,8-11,13,15H2,1-3H3,(H,24,25);1H. The molecule has 0 unspecified atom stereocenters. The van der Waals surface area contributed by atoms with Crippen LogP contribution in [0, 0.1) is 0 Å². The molecule has 1 aliphatic rings. The van der Waals surface area contributed by atoms with Gasteiger partial charge in [0, 0.05) is 43.8 Å². The van der Waals surface area contributed by atoms with Crippen molar-refractivity contribution < 1.29 is 9.32 Å². The summed E-state index contributed by atoms with van der Waals surface area (Å²) in [5.41, 5.74) is 1.88. The molecule has 0 spiro atoms. The predicted molar refractivity (Wildman–Crippen MR) is 134 cm³/mol. The van der Waals surface area contributed by atoms with Gasteiger partial charge in [-0.15, -0.1) is 24.0 Å². The summed E-state index contributed by atoms with van der Waals surface area (Å²) in [7, 11) is 0. The van der Waals surface area contributed by atoms with E-state index in [1.54, 1.807) is 0 Å². The van der Waals surface area contributed by atoms with Crippen LogP contribution in [0.2, 0.25) is 5.02 Å². The fourth-order valence-electron chi connectivity index (χ4n) is 3.36. The molecule has 9 heteroatoms. The van der Waals surface area contributed by atoms with Crippen LogP contribution < -0.4 is 5.32 Å². The first-order valence-electron chi connectivity index (χ1n) is 10.5. The number of piperazine rings is 1. The molecule has 1 N–H and O–H groups in total. The third kappa shape index (κ3) is 7.38. The average Bonchev–Trinajstić information content (AvgIpc) is 3.21. The number of guanidine groups is 1. The molecule has 170 valence electrons. The zero-order chi connectivity index (χ0) is 21.5. The van der Waals surface area contributed by atoms with Gasteiger partial charge in [-0.2, -0.15) is 0 Å². The molecule has 0 atom stereocenters. The van der Waals surface area contributed by atoms with Crippen LogP contribution >= 0.6 is 35.6 Å². The molecule has 0 bridgehead atoms. The Balaban J connectivity index is 0.00000341. The first kappa shape index (κ1) is 25.5. The maximum absolute atomic E-state index is 12.6. The molecular formula is C22H31ClIN5O2. The number of hydrogen-bond donors (Lipinski definition) is 1. The number of aliphatic imine (C=N–C) groups is 1. The fourth-order valence-corrected chi connectivity index (χ4v) is 3.57. The first-order chi connectivity index (χ1) is 14.5. The van der Waals surface area contributed by atoms with Gasteiger partial charge in [0.1, 0.15) is 6.54 Å². The summed E-state index contributed by atoms with van der Waals surface area (Å²) in [5.74, 6) is 2.05. The highest BCUT2D eigenvalue weighted by Gasteiger charge is 2.23. The van der Waals surface area contributed by atoms with Crippen molar-refractivity contribution >= 4 is 47.4 Å². The lowest BCUT2D eigenvalue weighted by Crippen LogP contribution is -2.54.